The van der Waals surface area contributed by atoms with Crippen molar-refractivity contribution in [3.63, 3.8) is 0 Å². The second-order valence-corrected chi connectivity index (χ2v) is 7.85. The van der Waals surface area contributed by atoms with Crippen LogP contribution in [0.15, 0.2) is 0 Å². The Morgan fingerprint density at radius 1 is 1.37 bits per heavy atom. The van der Waals surface area contributed by atoms with Gasteiger partial charge in [-0.3, -0.25) is 4.79 Å². The number of likely N-dealkylation sites (tertiary alicyclic amines) is 1. The molecule has 2 rings (SSSR count). The number of nitrogens with two attached hydrogens (primary N) is 1. The number of carbonyl (C=O) groups excluding carboxylic acids is 1. The molecule has 3 atom stereocenters. The zero-order valence-corrected chi connectivity index (χ0v) is 12.5. The fraction of sp³-hybridized carbons (Fsp3) is 0.933. The third kappa shape index (κ3) is 3.48. The van der Waals surface area contributed by atoms with Gasteiger partial charge < -0.3 is 15.7 Å². The Morgan fingerprint density at radius 2 is 2.05 bits per heavy atom. The maximum atomic E-state index is 12.0. The highest BCUT2D eigenvalue weighted by molar-refractivity contribution is 5.78. The van der Waals surface area contributed by atoms with Crippen molar-refractivity contribution in [1.82, 2.24) is 4.90 Å². The van der Waals surface area contributed by atoms with Gasteiger partial charge in [-0.2, -0.15) is 0 Å². The number of nitrogens with zero attached hydrogens (tertiary/aromatic N) is 1. The predicted octanol–water partition coefficient (Wildman–Crippen LogP) is 1.37. The van der Waals surface area contributed by atoms with Gasteiger partial charge in [-0.25, -0.2) is 0 Å². The Bertz CT molecular complexity index is 356. The number of carbonyl (C=O) groups is 1. The summed E-state index contributed by atoms with van der Waals surface area (Å²) in [5, 5.41) is 9.20. The predicted molar refractivity (Wildman–Crippen MR) is 75.5 cm³/mol. The van der Waals surface area contributed by atoms with E-state index in [-0.39, 0.29) is 35.3 Å². The van der Waals surface area contributed by atoms with Crippen LogP contribution in [0.25, 0.3) is 0 Å². The molecule has 1 aliphatic heterocycles. The van der Waals surface area contributed by atoms with Crippen LogP contribution in [-0.2, 0) is 4.79 Å². The fourth-order valence-corrected chi connectivity index (χ4v) is 4.42. The highest BCUT2D eigenvalue weighted by Gasteiger charge is 2.43. The minimum absolute atomic E-state index is 0.112. The molecule has 3 N–H and O–H groups in total. The van der Waals surface area contributed by atoms with E-state index in [1.54, 1.807) is 0 Å². The zero-order chi connectivity index (χ0) is 14.3. The molecule has 2 fully saturated rings. The summed E-state index contributed by atoms with van der Waals surface area (Å²) in [4.78, 5) is 13.9. The Hall–Kier alpha value is -0.610. The number of hydrogen-bond donors (Lipinski definition) is 2. The summed E-state index contributed by atoms with van der Waals surface area (Å²) in [7, 11) is 0. The van der Waals surface area contributed by atoms with E-state index < -0.39 is 0 Å². The van der Waals surface area contributed by atoms with E-state index in [0.29, 0.717) is 13.0 Å². The SMILES string of the molecule is CC1(C)CC(N)CC(C)(CN2CC(CO)CC2=O)C1. The van der Waals surface area contributed by atoms with Gasteiger partial charge in [0.15, 0.2) is 0 Å². The third-order valence-electron chi connectivity index (χ3n) is 4.60. The standard InChI is InChI=1S/C15H28N2O2/c1-14(2)5-12(16)6-15(3,9-14)10-17-7-11(8-18)4-13(17)19/h11-12,18H,4-10,16H2,1-3H3. The second kappa shape index (κ2) is 5.06. The van der Waals surface area contributed by atoms with Crippen LogP contribution >= 0.6 is 0 Å². The molecule has 0 bridgehead atoms. The molecule has 3 unspecified atom stereocenters. The average molecular weight is 268 g/mol. The average Bonchev–Trinajstić information content (AvgIpc) is 2.55. The number of hydrogen-bond acceptors (Lipinski definition) is 3. The van der Waals surface area contributed by atoms with Crippen LogP contribution in [0.3, 0.4) is 0 Å². The molecule has 1 amide bonds. The first kappa shape index (κ1) is 14.8. The summed E-state index contributed by atoms with van der Waals surface area (Å²) >= 11 is 0. The van der Waals surface area contributed by atoms with Crippen LogP contribution < -0.4 is 5.73 Å². The molecule has 19 heavy (non-hydrogen) atoms. The van der Waals surface area contributed by atoms with Crippen LogP contribution in [0, 0.1) is 16.7 Å². The van der Waals surface area contributed by atoms with E-state index in [1.807, 2.05) is 4.90 Å². The number of rotatable bonds is 3. The van der Waals surface area contributed by atoms with Gasteiger partial charge in [-0.1, -0.05) is 20.8 Å². The number of amides is 1. The van der Waals surface area contributed by atoms with E-state index in [1.165, 1.54) is 0 Å². The lowest BCUT2D eigenvalue weighted by Crippen LogP contribution is -2.48. The molecule has 1 aliphatic carbocycles. The molecule has 1 saturated heterocycles. The summed E-state index contributed by atoms with van der Waals surface area (Å²) in [5.74, 6) is 0.318. The molecular formula is C15H28N2O2. The van der Waals surface area contributed by atoms with Gasteiger partial charge in [-0.05, 0) is 30.1 Å². The minimum Gasteiger partial charge on any atom is -0.396 e. The zero-order valence-electron chi connectivity index (χ0n) is 12.5. The smallest absolute Gasteiger partial charge is 0.223 e. The molecule has 0 spiro atoms. The molecule has 0 aromatic carbocycles. The van der Waals surface area contributed by atoms with E-state index in [0.717, 1.165) is 25.8 Å². The molecule has 110 valence electrons. The largest absolute Gasteiger partial charge is 0.396 e. The summed E-state index contributed by atoms with van der Waals surface area (Å²) in [6.07, 6.45) is 3.67. The normalized spacial score (nSPS) is 38.8. The molecule has 0 aromatic rings. The highest BCUT2D eigenvalue weighted by Crippen LogP contribution is 2.46. The maximum absolute atomic E-state index is 12.0. The number of aliphatic hydroxyl groups is 1. The van der Waals surface area contributed by atoms with Crippen LogP contribution in [0.2, 0.25) is 0 Å². The van der Waals surface area contributed by atoms with Crippen molar-refractivity contribution in [3.05, 3.63) is 0 Å². The van der Waals surface area contributed by atoms with Crippen LogP contribution in [0.5, 0.6) is 0 Å². The first-order valence-electron chi connectivity index (χ1n) is 7.37. The van der Waals surface area contributed by atoms with Crippen LogP contribution in [0.4, 0.5) is 0 Å². The lowest BCUT2D eigenvalue weighted by molar-refractivity contribution is -0.129. The van der Waals surface area contributed by atoms with Gasteiger partial charge in [0.25, 0.3) is 0 Å². The molecule has 2 aliphatic rings. The minimum atomic E-state index is 0.112. The Kier molecular flexibility index (Phi) is 3.94. The topological polar surface area (TPSA) is 66.6 Å². The molecule has 4 heteroatoms. The van der Waals surface area contributed by atoms with Crippen molar-refractivity contribution in [3.8, 4) is 0 Å². The van der Waals surface area contributed by atoms with E-state index in [2.05, 4.69) is 20.8 Å². The molecule has 1 saturated carbocycles. The van der Waals surface area contributed by atoms with Gasteiger partial charge >= 0.3 is 0 Å². The van der Waals surface area contributed by atoms with E-state index >= 15 is 0 Å². The van der Waals surface area contributed by atoms with Gasteiger partial charge in [0.05, 0.1) is 0 Å². The molecule has 4 nitrogen and oxygen atoms in total. The Labute approximate surface area is 116 Å². The Balaban J connectivity index is 2.03. The van der Waals surface area contributed by atoms with Gasteiger partial charge in [0.1, 0.15) is 0 Å². The fourth-order valence-electron chi connectivity index (χ4n) is 4.42. The van der Waals surface area contributed by atoms with Crippen molar-refractivity contribution in [2.75, 3.05) is 19.7 Å². The number of aliphatic hydroxyl groups excluding tert-OH is 1. The molecule has 0 aromatic heterocycles. The Morgan fingerprint density at radius 3 is 2.58 bits per heavy atom. The summed E-state index contributed by atoms with van der Waals surface area (Å²) in [5.41, 5.74) is 6.57. The summed E-state index contributed by atoms with van der Waals surface area (Å²) in [6, 6.07) is 0.236. The van der Waals surface area contributed by atoms with E-state index in [4.69, 9.17) is 5.73 Å². The van der Waals surface area contributed by atoms with Crippen molar-refractivity contribution in [2.24, 2.45) is 22.5 Å². The van der Waals surface area contributed by atoms with Crippen LogP contribution in [0.1, 0.15) is 46.5 Å². The van der Waals surface area contributed by atoms with Crippen molar-refractivity contribution >= 4 is 5.91 Å². The summed E-state index contributed by atoms with van der Waals surface area (Å²) in [6.45, 7) is 8.41. The van der Waals surface area contributed by atoms with Gasteiger partial charge in [0, 0.05) is 38.1 Å². The van der Waals surface area contributed by atoms with Crippen molar-refractivity contribution < 1.29 is 9.90 Å². The quantitative estimate of drug-likeness (QED) is 0.812. The first-order chi connectivity index (χ1) is 8.73. The molecule has 1 heterocycles. The van der Waals surface area contributed by atoms with Crippen molar-refractivity contribution in [1.29, 1.82) is 0 Å². The molecular weight excluding hydrogens is 240 g/mol. The lowest BCUT2D eigenvalue weighted by Gasteiger charge is -2.47. The van der Waals surface area contributed by atoms with Crippen LogP contribution in [-0.4, -0.2) is 41.7 Å². The first-order valence-corrected chi connectivity index (χ1v) is 7.37. The van der Waals surface area contributed by atoms with Gasteiger partial charge in [-0.15, -0.1) is 0 Å². The third-order valence-corrected chi connectivity index (χ3v) is 4.60. The second-order valence-electron chi connectivity index (χ2n) is 7.85. The lowest BCUT2D eigenvalue weighted by atomic mass is 9.62. The van der Waals surface area contributed by atoms with E-state index in [9.17, 15) is 9.90 Å². The van der Waals surface area contributed by atoms with Crippen molar-refractivity contribution in [2.45, 2.75) is 52.5 Å². The monoisotopic (exact) mass is 268 g/mol. The highest BCUT2D eigenvalue weighted by atomic mass is 16.3. The summed E-state index contributed by atoms with van der Waals surface area (Å²) < 4.78 is 0. The van der Waals surface area contributed by atoms with Gasteiger partial charge in [0.2, 0.25) is 5.91 Å². The molecule has 0 radical (unpaired) electrons. The maximum Gasteiger partial charge on any atom is 0.223 e.